The number of carbonyl (C=O) groups excluding carboxylic acids is 1. The van der Waals surface area contributed by atoms with E-state index in [0.717, 1.165) is 11.3 Å². The zero-order valence-electron chi connectivity index (χ0n) is 14.9. The summed E-state index contributed by atoms with van der Waals surface area (Å²) in [6.07, 6.45) is 0. The maximum atomic E-state index is 12.8. The molecule has 1 amide bonds. The minimum atomic E-state index is -3.88. The second-order valence-corrected chi connectivity index (χ2v) is 9.52. The predicted molar refractivity (Wildman–Crippen MR) is 115 cm³/mol. The van der Waals surface area contributed by atoms with E-state index >= 15 is 0 Å². The van der Waals surface area contributed by atoms with Crippen molar-refractivity contribution in [3.63, 3.8) is 0 Å². The van der Waals surface area contributed by atoms with E-state index in [1.165, 1.54) is 12.1 Å². The number of benzene rings is 2. The van der Waals surface area contributed by atoms with Crippen molar-refractivity contribution in [1.29, 1.82) is 0 Å². The van der Waals surface area contributed by atoms with Gasteiger partial charge in [0.2, 0.25) is 0 Å². The second kappa shape index (κ2) is 8.13. The molecule has 0 aliphatic rings. The van der Waals surface area contributed by atoms with Crippen LogP contribution in [0.3, 0.4) is 0 Å². The molecule has 0 radical (unpaired) electrons. The number of nitrogens with one attached hydrogen (secondary N) is 2. The van der Waals surface area contributed by atoms with Gasteiger partial charge < -0.3 is 5.32 Å². The summed E-state index contributed by atoms with van der Waals surface area (Å²) in [6, 6.07) is 11.2. The highest BCUT2D eigenvalue weighted by molar-refractivity contribution is 7.92. The summed E-state index contributed by atoms with van der Waals surface area (Å²) in [4.78, 5) is 12.9. The lowest BCUT2D eigenvalue weighted by molar-refractivity contribution is 0.103. The van der Waals surface area contributed by atoms with Crippen molar-refractivity contribution in [2.75, 3.05) is 10.0 Å². The number of carbonyl (C=O) groups is 1. The monoisotopic (exact) mass is 454 g/mol. The number of thiophene rings is 1. The smallest absolute Gasteiger partial charge is 0.267 e. The van der Waals surface area contributed by atoms with Gasteiger partial charge in [-0.25, -0.2) is 8.42 Å². The Morgan fingerprint density at radius 3 is 2.36 bits per heavy atom. The van der Waals surface area contributed by atoms with Gasteiger partial charge in [-0.2, -0.15) is 0 Å². The van der Waals surface area contributed by atoms with Crippen LogP contribution in [0.1, 0.15) is 20.8 Å². The third kappa shape index (κ3) is 4.50. The molecule has 0 saturated carbocycles. The number of hydrogen-bond acceptors (Lipinski definition) is 4. The topological polar surface area (TPSA) is 75.3 Å². The van der Waals surface area contributed by atoms with Crippen molar-refractivity contribution in [2.45, 2.75) is 18.7 Å². The van der Waals surface area contributed by atoms with E-state index < -0.39 is 15.9 Å². The number of sulfonamides is 1. The second-order valence-electron chi connectivity index (χ2n) is 6.10. The minimum absolute atomic E-state index is 0.0827. The molecule has 3 rings (SSSR count). The Morgan fingerprint density at radius 2 is 1.71 bits per heavy atom. The third-order valence-electron chi connectivity index (χ3n) is 3.92. The van der Waals surface area contributed by atoms with E-state index in [0.29, 0.717) is 26.9 Å². The van der Waals surface area contributed by atoms with Crippen LogP contribution in [-0.2, 0) is 10.0 Å². The first kappa shape index (κ1) is 20.7. The van der Waals surface area contributed by atoms with E-state index in [9.17, 15) is 13.2 Å². The largest absolute Gasteiger partial charge is 0.321 e. The molecule has 0 aliphatic carbocycles. The summed E-state index contributed by atoms with van der Waals surface area (Å²) < 4.78 is 28.1. The number of rotatable bonds is 5. The molecule has 5 nitrogen and oxygen atoms in total. The maximum absolute atomic E-state index is 12.8. The molecule has 0 saturated heterocycles. The lowest BCUT2D eigenvalue weighted by Crippen LogP contribution is -2.17. The van der Waals surface area contributed by atoms with Crippen LogP contribution < -0.4 is 10.0 Å². The Bertz CT molecular complexity index is 1130. The van der Waals surface area contributed by atoms with Gasteiger partial charge in [-0.05, 0) is 66.8 Å². The Labute approximate surface area is 177 Å². The molecule has 146 valence electrons. The van der Waals surface area contributed by atoms with Crippen LogP contribution in [0.5, 0.6) is 0 Å². The van der Waals surface area contributed by atoms with Crippen LogP contribution in [0.15, 0.2) is 52.7 Å². The van der Waals surface area contributed by atoms with Crippen LogP contribution in [0.2, 0.25) is 10.0 Å². The lowest BCUT2D eigenvalue weighted by atomic mass is 10.2. The summed E-state index contributed by atoms with van der Waals surface area (Å²) in [5, 5.41) is 5.36. The fraction of sp³-hybridized carbons (Fsp3) is 0.105. The number of halogens is 2. The number of anilines is 2. The van der Waals surface area contributed by atoms with Crippen LogP contribution in [0.25, 0.3) is 0 Å². The van der Waals surface area contributed by atoms with Crippen molar-refractivity contribution in [3.8, 4) is 0 Å². The Hall–Kier alpha value is -2.06. The first-order valence-electron chi connectivity index (χ1n) is 8.11. The molecule has 0 atom stereocenters. The highest BCUT2D eigenvalue weighted by Gasteiger charge is 2.21. The van der Waals surface area contributed by atoms with Crippen LogP contribution in [-0.4, -0.2) is 14.3 Å². The van der Waals surface area contributed by atoms with Gasteiger partial charge in [0, 0.05) is 15.7 Å². The average Bonchev–Trinajstić information content (AvgIpc) is 3.06. The average molecular weight is 455 g/mol. The van der Waals surface area contributed by atoms with E-state index in [1.54, 1.807) is 49.6 Å². The highest BCUT2D eigenvalue weighted by atomic mass is 35.5. The first-order chi connectivity index (χ1) is 13.2. The quantitative estimate of drug-likeness (QED) is 0.516. The fourth-order valence-corrected chi connectivity index (χ4v) is 4.93. The standard InChI is InChI=1S/C19H16Cl2N2O3S2/c1-11-8-15(9-12(2)17(11)21)28(25,26)23-16-6-7-27-18(16)19(24)22-14-5-3-4-13(20)10-14/h3-10,23H,1-2H3,(H,22,24). The predicted octanol–water partition coefficient (Wildman–Crippen LogP) is 5.72. The molecular weight excluding hydrogens is 439 g/mol. The van der Waals surface area contributed by atoms with E-state index in [1.807, 2.05) is 0 Å². The number of aryl methyl sites for hydroxylation is 2. The van der Waals surface area contributed by atoms with Gasteiger partial charge >= 0.3 is 0 Å². The van der Waals surface area contributed by atoms with Crippen LogP contribution in [0.4, 0.5) is 11.4 Å². The van der Waals surface area contributed by atoms with Crippen molar-refractivity contribution in [3.05, 3.63) is 73.9 Å². The third-order valence-corrected chi connectivity index (χ3v) is 7.01. The molecule has 2 N–H and O–H groups in total. The van der Waals surface area contributed by atoms with Crippen LogP contribution in [0, 0.1) is 13.8 Å². The minimum Gasteiger partial charge on any atom is -0.321 e. The zero-order valence-corrected chi connectivity index (χ0v) is 18.1. The normalized spacial score (nSPS) is 11.3. The Balaban J connectivity index is 1.86. The molecule has 0 bridgehead atoms. The Kier molecular flexibility index (Phi) is 6.00. The first-order valence-corrected chi connectivity index (χ1v) is 11.2. The van der Waals surface area contributed by atoms with Gasteiger partial charge in [0.15, 0.2) is 0 Å². The molecule has 0 aliphatic heterocycles. The number of hydrogen-bond donors (Lipinski definition) is 2. The lowest BCUT2D eigenvalue weighted by Gasteiger charge is -2.12. The Morgan fingerprint density at radius 1 is 1.04 bits per heavy atom. The van der Waals surface area contributed by atoms with E-state index in [4.69, 9.17) is 23.2 Å². The highest BCUT2D eigenvalue weighted by Crippen LogP contribution is 2.29. The molecule has 1 aromatic heterocycles. The van der Waals surface area contributed by atoms with Crippen LogP contribution >= 0.6 is 34.5 Å². The maximum Gasteiger partial charge on any atom is 0.267 e. The molecule has 9 heteroatoms. The summed E-state index contributed by atoms with van der Waals surface area (Å²) in [6.45, 7) is 3.48. The van der Waals surface area contributed by atoms with E-state index in [2.05, 4.69) is 10.0 Å². The zero-order chi connectivity index (χ0) is 20.5. The summed E-state index contributed by atoms with van der Waals surface area (Å²) in [5.74, 6) is -0.432. The van der Waals surface area contributed by atoms with Gasteiger partial charge in [-0.15, -0.1) is 11.3 Å². The summed E-state index contributed by atoms with van der Waals surface area (Å²) in [5.41, 5.74) is 2.04. The van der Waals surface area contributed by atoms with Crippen molar-refractivity contribution < 1.29 is 13.2 Å². The molecule has 0 unspecified atom stereocenters. The molecule has 1 heterocycles. The molecule has 0 spiro atoms. The van der Waals surface area contributed by atoms with Gasteiger partial charge in [-0.1, -0.05) is 29.3 Å². The SMILES string of the molecule is Cc1cc(S(=O)(=O)Nc2ccsc2C(=O)Nc2cccc(Cl)c2)cc(C)c1Cl. The van der Waals surface area contributed by atoms with Gasteiger partial charge in [0.1, 0.15) is 4.88 Å². The van der Waals surface area contributed by atoms with Gasteiger partial charge in [0.05, 0.1) is 10.6 Å². The molecule has 0 fully saturated rings. The molecule has 28 heavy (non-hydrogen) atoms. The van der Waals surface area contributed by atoms with Crippen molar-refractivity contribution >= 4 is 61.8 Å². The van der Waals surface area contributed by atoms with Crippen molar-refractivity contribution in [2.24, 2.45) is 0 Å². The molecule has 3 aromatic rings. The molecular formula is C19H16Cl2N2O3S2. The van der Waals surface area contributed by atoms with Gasteiger partial charge in [0.25, 0.3) is 15.9 Å². The molecule has 2 aromatic carbocycles. The summed E-state index contributed by atoms with van der Waals surface area (Å²) >= 11 is 13.2. The number of amides is 1. The fourth-order valence-electron chi connectivity index (χ4n) is 2.58. The van der Waals surface area contributed by atoms with E-state index in [-0.39, 0.29) is 15.5 Å². The van der Waals surface area contributed by atoms with Crippen molar-refractivity contribution in [1.82, 2.24) is 0 Å². The van der Waals surface area contributed by atoms with Gasteiger partial charge in [-0.3, -0.25) is 9.52 Å². The summed E-state index contributed by atoms with van der Waals surface area (Å²) in [7, 11) is -3.88.